The van der Waals surface area contributed by atoms with E-state index < -0.39 is 20.9 Å². The number of sulfone groups is 1. The molecule has 0 saturated heterocycles. The van der Waals surface area contributed by atoms with Crippen LogP contribution >= 0.6 is 11.3 Å². The Morgan fingerprint density at radius 2 is 1.71 bits per heavy atom. The van der Waals surface area contributed by atoms with E-state index in [1.807, 2.05) is 30.3 Å². The maximum atomic E-state index is 13.3. The van der Waals surface area contributed by atoms with Crippen LogP contribution in [0.1, 0.15) is 22.8 Å². The van der Waals surface area contributed by atoms with E-state index >= 15 is 0 Å². The zero-order chi connectivity index (χ0) is 20.0. The molecule has 1 N–H and O–H groups in total. The van der Waals surface area contributed by atoms with Crippen LogP contribution in [0.2, 0.25) is 0 Å². The number of hydrogen-bond donors (Lipinski definition) is 1. The third-order valence-electron chi connectivity index (χ3n) is 4.36. The number of carbonyl (C=O) groups is 1. The van der Waals surface area contributed by atoms with Gasteiger partial charge in [-0.15, -0.1) is 11.3 Å². The average Bonchev–Trinajstić information content (AvgIpc) is 3.24. The fraction of sp³-hybridized carbons (Fsp3) is 0.190. The second-order valence-electron chi connectivity index (χ2n) is 6.31. The molecule has 1 heterocycles. The van der Waals surface area contributed by atoms with E-state index in [0.717, 1.165) is 16.9 Å². The summed E-state index contributed by atoms with van der Waals surface area (Å²) >= 11 is 1.12. The molecule has 0 fully saturated rings. The molecule has 1 aromatic heterocycles. The lowest BCUT2D eigenvalue weighted by atomic mass is 10.1. The van der Waals surface area contributed by atoms with E-state index in [-0.39, 0.29) is 23.1 Å². The minimum Gasteiger partial charge on any atom is -0.354 e. The first kappa shape index (κ1) is 20.2. The summed E-state index contributed by atoms with van der Waals surface area (Å²) in [6.45, 7) is -0.0700. The molecule has 0 spiro atoms. The van der Waals surface area contributed by atoms with Crippen molar-refractivity contribution in [3.63, 3.8) is 0 Å². The van der Waals surface area contributed by atoms with Gasteiger partial charge < -0.3 is 5.32 Å². The van der Waals surface area contributed by atoms with Gasteiger partial charge in [0.1, 0.15) is 15.3 Å². The zero-order valence-electron chi connectivity index (χ0n) is 15.0. The number of benzene rings is 2. The molecule has 0 saturated carbocycles. The maximum Gasteiger partial charge on any atom is 0.220 e. The van der Waals surface area contributed by atoms with Crippen molar-refractivity contribution in [1.29, 1.82) is 0 Å². The van der Waals surface area contributed by atoms with E-state index in [0.29, 0.717) is 12.0 Å². The molecule has 2 aromatic carbocycles. The standard InChI is InChI=1S/C21H20FNO3S2/c22-18-11-9-17(10-12-18)19(28(25,26)21-7-4-14-27-21)15-23-20(24)13-8-16-5-2-1-3-6-16/h1-7,9-12,14,19H,8,13,15H2,(H,23,24)/t19-/m1/s1. The van der Waals surface area contributed by atoms with Gasteiger partial charge in [0.15, 0.2) is 9.84 Å². The molecule has 146 valence electrons. The first-order valence-corrected chi connectivity index (χ1v) is 11.2. The van der Waals surface area contributed by atoms with Gasteiger partial charge in [-0.25, -0.2) is 12.8 Å². The van der Waals surface area contributed by atoms with E-state index in [4.69, 9.17) is 0 Å². The third kappa shape index (κ3) is 5.05. The Hall–Kier alpha value is -2.51. The van der Waals surface area contributed by atoms with Gasteiger partial charge in [-0.2, -0.15) is 0 Å². The van der Waals surface area contributed by atoms with Crippen LogP contribution < -0.4 is 5.32 Å². The molecule has 3 aromatic rings. The maximum absolute atomic E-state index is 13.3. The first-order chi connectivity index (χ1) is 13.5. The number of carbonyl (C=O) groups excluding carboxylic acids is 1. The summed E-state index contributed by atoms with van der Waals surface area (Å²) in [4.78, 5) is 12.3. The van der Waals surface area contributed by atoms with Crippen LogP contribution in [0.5, 0.6) is 0 Å². The monoisotopic (exact) mass is 417 g/mol. The average molecular weight is 418 g/mol. The number of thiophene rings is 1. The molecule has 0 aliphatic heterocycles. The fourth-order valence-electron chi connectivity index (χ4n) is 2.85. The van der Waals surface area contributed by atoms with Crippen LogP contribution in [0, 0.1) is 5.82 Å². The lowest BCUT2D eigenvalue weighted by molar-refractivity contribution is -0.121. The Kier molecular flexibility index (Phi) is 6.59. The van der Waals surface area contributed by atoms with Crippen molar-refractivity contribution in [2.45, 2.75) is 22.3 Å². The number of nitrogens with one attached hydrogen (secondary N) is 1. The van der Waals surface area contributed by atoms with Gasteiger partial charge in [-0.1, -0.05) is 48.5 Å². The Morgan fingerprint density at radius 3 is 2.36 bits per heavy atom. The number of rotatable bonds is 8. The molecule has 1 atom stereocenters. The molecule has 0 aliphatic rings. The van der Waals surface area contributed by atoms with Crippen molar-refractivity contribution < 1.29 is 17.6 Å². The smallest absolute Gasteiger partial charge is 0.220 e. The number of amides is 1. The Labute approximate surface area is 168 Å². The van der Waals surface area contributed by atoms with Crippen molar-refractivity contribution >= 4 is 27.1 Å². The summed E-state index contributed by atoms with van der Waals surface area (Å²) in [5.74, 6) is -0.666. The third-order valence-corrected chi connectivity index (χ3v) is 7.89. The second-order valence-corrected chi connectivity index (χ2v) is 9.61. The van der Waals surface area contributed by atoms with Crippen LogP contribution in [0.15, 0.2) is 76.3 Å². The number of aryl methyl sites for hydroxylation is 1. The zero-order valence-corrected chi connectivity index (χ0v) is 16.7. The molecule has 28 heavy (non-hydrogen) atoms. The highest BCUT2D eigenvalue weighted by atomic mass is 32.2. The lowest BCUT2D eigenvalue weighted by Crippen LogP contribution is -2.31. The SMILES string of the molecule is O=C(CCc1ccccc1)NC[C@H](c1ccc(F)cc1)S(=O)(=O)c1cccs1. The van der Waals surface area contributed by atoms with Crippen LogP contribution in [0.4, 0.5) is 4.39 Å². The fourth-order valence-corrected chi connectivity index (χ4v) is 5.71. The van der Waals surface area contributed by atoms with Crippen molar-refractivity contribution in [2.24, 2.45) is 0 Å². The molecule has 0 radical (unpaired) electrons. The van der Waals surface area contributed by atoms with Crippen LogP contribution in [-0.4, -0.2) is 20.9 Å². The lowest BCUT2D eigenvalue weighted by Gasteiger charge is -2.18. The van der Waals surface area contributed by atoms with Crippen LogP contribution in [-0.2, 0) is 21.1 Å². The number of halogens is 1. The normalized spacial score (nSPS) is 12.5. The highest BCUT2D eigenvalue weighted by molar-refractivity contribution is 7.93. The molecule has 0 unspecified atom stereocenters. The van der Waals surface area contributed by atoms with Gasteiger partial charge in [-0.3, -0.25) is 4.79 Å². The second kappa shape index (κ2) is 9.12. The van der Waals surface area contributed by atoms with Gasteiger partial charge in [0.25, 0.3) is 0 Å². The summed E-state index contributed by atoms with van der Waals surface area (Å²) in [6, 6.07) is 18.1. The van der Waals surface area contributed by atoms with Gasteiger partial charge in [0, 0.05) is 13.0 Å². The summed E-state index contributed by atoms with van der Waals surface area (Å²) in [5.41, 5.74) is 1.48. The van der Waals surface area contributed by atoms with Crippen molar-refractivity contribution in [2.75, 3.05) is 6.54 Å². The predicted molar refractivity (Wildman–Crippen MR) is 108 cm³/mol. The van der Waals surface area contributed by atoms with E-state index in [1.165, 1.54) is 30.3 Å². The van der Waals surface area contributed by atoms with Gasteiger partial charge in [0.05, 0.1) is 0 Å². The summed E-state index contributed by atoms with van der Waals surface area (Å²) in [6.07, 6.45) is 0.838. The van der Waals surface area contributed by atoms with E-state index in [2.05, 4.69) is 5.32 Å². The highest BCUT2D eigenvalue weighted by Gasteiger charge is 2.30. The Balaban J connectivity index is 1.72. The summed E-state index contributed by atoms with van der Waals surface area (Å²) < 4.78 is 39.6. The summed E-state index contributed by atoms with van der Waals surface area (Å²) in [7, 11) is -3.71. The molecule has 0 aliphatic carbocycles. The number of hydrogen-bond acceptors (Lipinski definition) is 4. The van der Waals surface area contributed by atoms with Gasteiger partial charge >= 0.3 is 0 Å². The quantitative estimate of drug-likeness (QED) is 0.599. The van der Waals surface area contributed by atoms with Crippen molar-refractivity contribution in [3.05, 3.63) is 89.1 Å². The van der Waals surface area contributed by atoms with Crippen molar-refractivity contribution in [1.82, 2.24) is 5.32 Å². The topological polar surface area (TPSA) is 63.2 Å². The molecular weight excluding hydrogens is 397 g/mol. The minimum atomic E-state index is -3.71. The molecule has 7 heteroatoms. The van der Waals surface area contributed by atoms with Crippen LogP contribution in [0.3, 0.4) is 0 Å². The predicted octanol–water partition coefficient (Wildman–Crippen LogP) is 4.15. The van der Waals surface area contributed by atoms with E-state index in [9.17, 15) is 17.6 Å². The van der Waals surface area contributed by atoms with Gasteiger partial charge in [0.2, 0.25) is 5.91 Å². The summed E-state index contributed by atoms with van der Waals surface area (Å²) in [5, 5.41) is 3.44. The highest BCUT2D eigenvalue weighted by Crippen LogP contribution is 2.31. The molecule has 1 amide bonds. The van der Waals surface area contributed by atoms with Crippen molar-refractivity contribution in [3.8, 4) is 0 Å². The van der Waals surface area contributed by atoms with E-state index in [1.54, 1.807) is 11.4 Å². The Morgan fingerprint density at radius 1 is 1.00 bits per heavy atom. The minimum absolute atomic E-state index is 0.0700. The Bertz CT molecular complexity index is 1000. The molecule has 0 bridgehead atoms. The van der Waals surface area contributed by atoms with Gasteiger partial charge in [-0.05, 0) is 41.1 Å². The molecule has 3 rings (SSSR count). The van der Waals surface area contributed by atoms with Crippen LogP contribution in [0.25, 0.3) is 0 Å². The molecule has 4 nitrogen and oxygen atoms in total. The largest absolute Gasteiger partial charge is 0.354 e. The molecular formula is C21H20FNO3S2. The first-order valence-electron chi connectivity index (χ1n) is 8.80.